The van der Waals surface area contributed by atoms with Crippen LogP contribution in [0.2, 0.25) is 0 Å². The van der Waals surface area contributed by atoms with Crippen molar-refractivity contribution in [2.45, 2.75) is 31.9 Å². The zero-order valence-corrected chi connectivity index (χ0v) is 10.7. The summed E-state index contributed by atoms with van der Waals surface area (Å²) in [6.45, 7) is 7.09. The van der Waals surface area contributed by atoms with E-state index in [4.69, 9.17) is 5.73 Å². The molecule has 0 amide bonds. The molecule has 80 valence electrons. The predicted molar refractivity (Wildman–Crippen MR) is 66.0 cm³/mol. The highest BCUT2D eigenvalue weighted by atomic mass is 32.2. The van der Waals surface area contributed by atoms with Crippen molar-refractivity contribution in [2.75, 3.05) is 12.3 Å². The van der Waals surface area contributed by atoms with Crippen LogP contribution in [0.25, 0.3) is 0 Å². The number of rotatable bonds is 5. The second-order valence-electron chi connectivity index (χ2n) is 3.85. The molecule has 1 rings (SSSR count). The molecule has 0 bridgehead atoms. The van der Waals surface area contributed by atoms with E-state index in [1.165, 1.54) is 5.01 Å². The molecule has 0 unspecified atom stereocenters. The van der Waals surface area contributed by atoms with Crippen LogP contribution in [0.1, 0.15) is 31.5 Å². The summed E-state index contributed by atoms with van der Waals surface area (Å²) < 4.78 is 0. The van der Waals surface area contributed by atoms with Gasteiger partial charge in [-0.2, -0.15) is 11.8 Å². The summed E-state index contributed by atoms with van der Waals surface area (Å²) >= 11 is 3.65. The van der Waals surface area contributed by atoms with E-state index in [0.29, 0.717) is 6.54 Å². The molecule has 0 saturated heterocycles. The van der Waals surface area contributed by atoms with Gasteiger partial charge in [-0.05, 0) is 5.75 Å². The van der Waals surface area contributed by atoms with Crippen LogP contribution in [0.15, 0.2) is 5.38 Å². The molecule has 2 N–H and O–H groups in total. The Morgan fingerprint density at radius 1 is 1.57 bits per heavy atom. The average Bonchev–Trinajstić information content (AvgIpc) is 2.63. The van der Waals surface area contributed by atoms with Gasteiger partial charge in [-0.25, -0.2) is 4.98 Å². The summed E-state index contributed by atoms with van der Waals surface area (Å²) in [5, 5.41) is 3.35. The Bertz CT molecular complexity index is 281. The maximum atomic E-state index is 5.71. The smallest absolute Gasteiger partial charge is 0.103 e. The third-order valence-corrected chi connectivity index (χ3v) is 4.10. The quantitative estimate of drug-likeness (QED) is 0.845. The monoisotopic (exact) mass is 230 g/mol. The molecule has 2 nitrogen and oxygen atoms in total. The molecule has 0 spiro atoms. The Hall–Kier alpha value is -0.0600. The highest BCUT2D eigenvalue weighted by Gasteiger charge is 2.21. The number of hydrogen-bond acceptors (Lipinski definition) is 4. The second-order valence-corrected chi connectivity index (χ2v) is 6.07. The van der Waals surface area contributed by atoms with Gasteiger partial charge in [0.05, 0.1) is 5.69 Å². The van der Waals surface area contributed by atoms with Crippen LogP contribution < -0.4 is 5.73 Å². The fourth-order valence-electron chi connectivity index (χ4n) is 0.982. The van der Waals surface area contributed by atoms with Crippen LogP contribution in [0.4, 0.5) is 0 Å². The van der Waals surface area contributed by atoms with Crippen LogP contribution in [-0.4, -0.2) is 17.3 Å². The molecular weight excluding hydrogens is 212 g/mol. The van der Waals surface area contributed by atoms with Crippen molar-refractivity contribution in [2.24, 2.45) is 5.73 Å². The Kier molecular flexibility index (Phi) is 4.41. The van der Waals surface area contributed by atoms with E-state index in [9.17, 15) is 0 Å². The van der Waals surface area contributed by atoms with E-state index < -0.39 is 0 Å². The number of nitrogens with zero attached hydrogens (tertiary/aromatic N) is 1. The van der Waals surface area contributed by atoms with Crippen molar-refractivity contribution < 1.29 is 0 Å². The van der Waals surface area contributed by atoms with Crippen molar-refractivity contribution in [3.8, 4) is 0 Å². The van der Waals surface area contributed by atoms with Crippen molar-refractivity contribution >= 4 is 23.1 Å². The molecule has 0 aliphatic heterocycles. The Balaban J connectivity index is 2.67. The van der Waals surface area contributed by atoms with Gasteiger partial charge in [0.15, 0.2) is 0 Å². The van der Waals surface area contributed by atoms with E-state index in [-0.39, 0.29) is 5.41 Å². The average molecular weight is 230 g/mol. The number of thiazole rings is 1. The highest BCUT2D eigenvalue weighted by molar-refractivity contribution is 7.98. The first kappa shape index (κ1) is 12.0. The number of hydrogen-bond donors (Lipinski definition) is 1. The van der Waals surface area contributed by atoms with Gasteiger partial charge in [-0.15, -0.1) is 11.3 Å². The molecule has 1 heterocycles. The normalized spacial score (nSPS) is 12.0. The van der Waals surface area contributed by atoms with Gasteiger partial charge in [0.1, 0.15) is 5.01 Å². The van der Waals surface area contributed by atoms with Gasteiger partial charge < -0.3 is 5.73 Å². The molecule has 0 saturated carbocycles. The molecule has 4 heteroatoms. The first-order valence-corrected chi connectivity index (χ1v) is 6.86. The maximum absolute atomic E-state index is 5.71. The standard InChI is InChI=1S/C10H18N2S2/c1-4-13-6-9-12-8(5-14-9)10(2,3)7-11/h5H,4,6-7,11H2,1-3H3. The van der Waals surface area contributed by atoms with Gasteiger partial charge in [-0.3, -0.25) is 0 Å². The molecule has 0 atom stereocenters. The molecule has 0 fully saturated rings. The number of aromatic nitrogens is 1. The summed E-state index contributed by atoms with van der Waals surface area (Å²) in [6.07, 6.45) is 0. The SMILES string of the molecule is CCSCc1nc(C(C)(C)CN)cs1. The first-order chi connectivity index (χ1) is 6.60. The summed E-state index contributed by atoms with van der Waals surface area (Å²) in [4.78, 5) is 4.61. The van der Waals surface area contributed by atoms with E-state index in [0.717, 1.165) is 17.2 Å². The molecule has 1 aromatic heterocycles. The van der Waals surface area contributed by atoms with Gasteiger partial charge >= 0.3 is 0 Å². The van der Waals surface area contributed by atoms with Crippen molar-refractivity contribution in [3.63, 3.8) is 0 Å². The zero-order valence-electron chi connectivity index (χ0n) is 9.04. The molecule has 0 radical (unpaired) electrons. The van der Waals surface area contributed by atoms with Crippen LogP contribution in [0.3, 0.4) is 0 Å². The van der Waals surface area contributed by atoms with Crippen LogP contribution in [0, 0.1) is 0 Å². The van der Waals surface area contributed by atoms with Crippen LogP contribution in [-0.2, 0) is 11.2 Å². The summed E-state index contributed by atoms with van der Waals surface area (Å²) in [7, 11) is 0. The largest absolute Gasteiger partial charge is 0.330 e. The summed E-state index contributed by atoms with van der Waals surface area (Å²) in [5.41, 5.74) is 6.86. The molecule has 0 aliphatic rings. The third-order valence-electron chi connectivity index (χ3n) is 2.19. The fourth-order valence-corrected chi connectivity index (χ4v) is 2.72. The third kappa shape index (κ3) is 2.97. The summed E-state index contributed by atoms with van der Waals surface area (Å²) in [6, 6.07) is 0. The lowest BCUT2D eigenvalue weighted by atomic mass is 9.90. The topological polar surface area (TPSA) is 38.9 Å². The van der Waals surface area contributed by atoms with Gasteiger partial charge in [-0.1, -0.05) is 20.8 Å². The first-order valence-electron chi connectivity index (χ1n) is 4.83. The van der Waals surface area contributed by atoms with Crippen molar-refractivity contribution in [3.05, 3.63) is 16.1 Å². The van der Waals surface area contributed by atoms with Crippen LogP contribution >= 0.6 is 23.1 Å². The minimum absolute atomic E-state index is 0.0195. The Labute approximate surface area is 94.3 Å². The predicted octanol–water partition coefficient (Wildman–Crippen LogP) is 2.63. The molecular formula is C10H18N2S2. The molecule has 14 heavy (non-hydrogen) atoms. The lowest BCUT2D eigenvalue weighted by Crippen LogP contribution is -2.28. The molecule has 1 aromatic rings. The number of thioether (sulfide) groups is 1. The van der Waals surface area contributed by atoms with E-state index >= 15 is 0 Å². The van der Waals surface area contributed by atoms with Crippen LogP contribution in [0.5, 0.6) is 0 Å². The molecule has 0 aromatic carbocycles. The number of nitrogens with two attached hydrogens (primary N) is 1. The maximum Gasteiger partial charge on any atom is 0.103 e. The van der Waals surface area contributed by atoms with E-state index in [2.05, 4.69) is 31.1 Å². The Morgan fingerprint density at radius 3 is 2.86 bits per heavy atom. The lowest BCUT2D eigenvalue weighted by Gasteiger charge is -2.19. The van der Waals surface area contributed by atoms with Gasteiger partial charge in [0, 0.05) is 23.1 Å². The van der Waals surface area contributed by atoms with Gasteiger partial charge in [0.25, 0.3) is 0 Å². The fraction of sp³-hybridized carbons (Fsp3) is 0.700. The van der Waals surface area contributed by atoms with Gasteiger partial charge in [0.2, 0.25) is 0 Å². The van der Waals surface area contributed by atoms with E-state index in [1.54, 1.807) is 11.3 Å². The second kappa shape index (κ2) is 5.14. The zero-order chi connectivity index (χ0) is 10.6. The minimum atomic E-state index is 0.0195. The summed E-state index contributed by atoms with van der Waals surface area (Å²) in [5.74, 6) is 2.18. The lowest BCUT2D eigenvalue weighted by molar-refractivity contribution is 0.524. The van der Waals surface area contributed by atoms with E-state index in [1.807, 2.05) is 11.8 Å². The Morgan fingerprint density at radius 2 is 2.29 bits per heavy atom. The highest BCUT2D eigenvalue weighted by Crippen LogP contribution is 2.25. The minimum Gasteiger partial charge on any atom is -0.330 e. The van der Waals surface area contributed by atoms with Crippen molar-refractivity contribution in [1.29, 1.82) is 0 Å². The van der Waals surface area contributed by atoms with Crippen molar-refractivity contribution in [1.82, 2.24) is 4.98 Å². The molecule has 0 aliphatic carbocycles.